The van der Waals surface area contributed by atoms with Gasteiger partial charge in [0.1, 0.15) is 0 Å². The van der Waals surface area contributed by atoms with Gasteiger partial charge in [-0.1, -0.05) is 188 Å². The molecule has 11 aromatic carbocycles. The minimum atomic E-state index is 1.09. The number of rotatable bonds is 8. The van der Waals surface area contributed by atoms with Gasteiger partial charge in [0.2, 0.25) is 0 Å². The Morgan fingerprint density at radius 1 is 0.250 bits per heavy atom. The quantitative estimate of drug-likeness (QED) is 0.148. The highest BCUT2D eigenvalue weighted by atomic mass is 15.1. The summed E-state index contributed by atoms with van der Waals surface area (Å²) in [5, 5.41) is 7.39. The van der Waals surface area contributed by atoms with Gasteiger partial charge in [0.15, 0.2) is 0 Å². The Labute approximate surface area is 373 Å². The first-order valence-electron chi connectivity index (χ1n) is 22.0. The van der Waals surface area contributed by atoms with Crippen LogP contribution in [-0.4, -0.2) is 4.57 Å². The topological polar surface area (TPSA) is 8.17 Å². The Hall–Kier alpha value is -8.46. The predicted molar refractivity (Wildman–Crippen MR) is 272 cm³/mol. The number of anilines is 3. The molecule has 2 nitrogen and oxygen atoms in total. The second-order valence-corrected chi connectivity index (χ2v) is 16.6. The molecule has 0 amide bonds. The molecule has 0 aliphatic carbocycles. The number of hydrogen-bond donors (Lipinski definition) is 0. The van der Waals surface area contributed by atoms with Crippen LogP contribution < -0.4 is 4.90 Å². The number of fused-ring (bicyclic) bond motifs is 5. The third kappa shape index (κ3) is 6.70. The van der Waals surface area contributed by atoms with Crippen molar-refractivity contribution in [3.05, 3.63) is 255 Å². The molecule has 12 rings (SSSR count). The van der Waals surface area contributed by atoms with E-state index in [-0.39, 0.29) is 0 Å². The van der Waals surface area contributed by atoms with Crippen molar-refractivity contribution in [3.8, 4) is 50.2 Å². The van der Waals surface area contributed by atoms with Crippen LogP contribution in [0.15, 0.2) is 255 Å². The maximum absolute atomic E-state index is 2.42. The second-order valence-electron chi connectivity index (χ2n) is 16.6. The SMILES string of the molecule is c1ccc(-c2ccc(-c3ccc4cc(N(c5ccc(-c6ccccc6-n6c7ccccc7c7ccccc76)cc5)c5cccc(-c6ccc7ccccc7c6)c5)ccc4c3)cc2)cc1. The fraction of sp³-hybridized carbons (Fsp3) is 0. The molecule has 0 N–H and O–H groups in total. The van der Waals surface area contributed by atoms with E-state index in [1.54, 1.807) is 0 Å². The Kier molecular flexibility index (Phi) is 9.20. The van der Waals surface area contributed by atoms with Gasteiger partial charge >= 0.3 is 0 Å². The monoisotopic (exact) mass is 814 g/mol. The lowest BCUT2D eigenvalue weighted by Gasteiger charge is -2.27. The molecular formula is C62H42N2. The van der Waals surface area contributed by atoms with Gasteiger partial charge in [0.05, 0.1) is 16.7 Å². The number of para-hydroxylation sites is 3. The summed E-state index contributed by atoms with van der Waals surface area (Å²) in [6.07, 6.45) is 0. The van der Waals surface area contributed by atoms with E-state index in [2.05, 4.69) is 264 Å². The summed E-state index contributed by atoms with van der Waals surface area (Å²) in [7, 11) is 0. The first kappa shape index (κ1) is 37.3. The highest BCUT2D eigenvalue weighted by molar-refractivity contribution is 6.09. The Morgan fingerprint density at radius 2 is 0.703 bits per heavy atom. The van der Waals surface area contributed by atoms with Crippen LogP contribution in [0.25, 0.3) is 93.5 Å². The maximum atomic E-state index is 2.42. The number of nitrogens with zero attached hydrogens (tertiary/aromatic N) is 2. The van der Waals surface area contributed by atoms with Crippen LogP contribution >= 0.6 is 0 Å². The molecule has 0 aliphatic rings. The van der Waals surface area contributed by atoms with Crippen molar-refractivity contribution in [2.24, 2.45) is 0 Å². The first-order valence-corrected chi connectivity index (χ1v) is 22.0. The molecule has 0 unspecified atom stereocenters. The molecule has 0 radical (unpaired) electrons. The van der Waals surface area contributed by atoms with Gasteiger partial charge in [-0.15, -0.1) is 0 Å². The van der Waals surface area contributed by atoms with Gasteiger partial charge in [0.25, 0.3) is 0 Å². The summed E-state index contributed by atoms with van der Waals surface area (Å²) in [6.45, 7) is 0. The summed E-state index contributed by atoms with van der Waals surface area (Å²) in [4.78, 5) is 2.39. The van der Waals surface area contributed by atoms with E-state index in [0.717, 1.165) is 28.3 Å². The van der Waals surface area contributed by atoms with Gasteiger partial charge in [0, 0.05) is 33.4 Å². The minimum Gasteiger partial charge on any atom is -0.310 e. The van der Waals surface area contributed by atoms with Crippen molar-refractivity contribution in [1.82, 2.24) is 4.57 Å². The summed E-state index contributed by atoms with van der Waals surface area (Å²) in [5.41, 5.74) is 16.4. The molecule has 0 bridgehead atoms. The number of benzene rings is 11. The molecule has 0 atom stereocenters. The van der Waals surface area contributed by atoms with E-state index >= 15 is 0 Å². The largest absolute Gasteiger partial charge is 0.310 e. The third-order valence-electron chi connectivity index (χ3n) is 12.8. The standard InChI is InChI=1S/C62H42N2/c1-2-13-43(14-3-1)45-25-27-46(28-26-45)50-31-32-53-42-56(38-35-52(53)40-50)63(55-18-12-17-49(41-55)51-30-29-44-15-4-5-16-48(44)39-51)54-36-33-47(34-37-54)57-19-6-9-22-60(57)64-61-23-10-7-20-58(61)59-21-8-11-24-62(59)64/h1-42H. The molecule has 2 heteroatoms. The lowest BCUT2D eigenvalue weighted by molar-refractivity contribution is 1.18. The average molecular weight is 815 g/mol. The van der Waals surface area contributed by atoms with Crippen LogP contribution in [0.4, 0.5) is 17.1 Å². The molecule has 0 spiro atoms. The molecule has 1 aromatic heterocycles. The fourth-order valence-corrected chi connectivity index (χ4v) is 9.56. The van der Waals surface area contributed by atoms with Crippen molar-refractivity contribution in [1.29, 1.82) is 0 Å². The zero-order valence-corrected chi connectivity index (χ0v) is 35.1. The zero-order chi connectivity index (χ0) is 42.4. The Bertz CT molecular complexity index is 3600. The van der Waals surface area contributed by atoms with Gasteiger partial charge in [-0.05, 0) is 127 Å². The average Bonchev–Trinajstić information content (AvgIpc) is 3.71. The highest BCUT2D eigenvalue weighted by Crippen LogP contribution is 2.41. The molecule has 64 heavy (non-hydrogen) atoms. The number of hydrogen-bond acceptors (Lipinski definition) is 1. The van der Waals surface area contributed by atoms with Crippen molar-refractivity contribution in [2.75, 3.05) is 4.90 Å². The zero-order valence-electron chi connectivity index (χ0n) is 35.1. The summed E-state index contributed by atoms with van der Waals surface area (Å²) in [6, 6.07) is 92.7. The molecule has 0 saturated carbocycles. The van der Waals surface area contributed by atoms with Gasteiger partial charge < -0.3 is 9.47 Å². The van der Waals surface area contributed by atoms with Crippen LogP contribution in [0.5, 0.6) is 0 Å². The smallest absolute Gasteiger partial charge is 0.0541 e. The molecule has 12 aromatic rings. The lowest BCUT2D eigenvalue weighted by atomic mass is 9.98. The first-order chi connectivity index (χ1) is 31.7. The van der Waals surface area contributed by atoms with Crippen LogP contribution in [0, 0.1) is 0 Å². The predicted octanol–water partition coefficient (Wildman–Crippen LogP) is 17.2. The van der Waals surface area contributed by atoms with Gasteiger partial charge in [-0.25, -0.2) is 0 Å². The lowest BCUT2D eigenvalue weighted by Crippen LogP contribution is -2.10. The van der Waals surface area contributed by atoms with E-state index in [4.69, 9.17) is 0 Å². The van der Waals surface area contributed by atoms with Crippen LogP contribution in [0.2, 0.25) is 0 Å². The second kappa shape index (κ2) is 15.8. The van der Waals surface area contributed by atoms with E-state index in [1.165, 1.54) is 82.3 Å². The van der Waals surface area contributed by atoms with E-state index in [0.29, 0.717) is 0 Å². The molecule has 300 valence electrons. The van der Waals surface area contributed by atoms with Crippen LogP contribution in [0.3, 0.4) is 0 Å². The normalized spacial score (nSPS) is 11.4. The molecule has 0 fully saturated rings. The van der Waals surface area contributed by atoms with E-state index < -0.39 is 0 Å². The van der Waals surface area contributed by atoms with Gasteiger partial charge in [-0.2, -0.15) is 0 Å². The Morgan fingerprint density at radius 3 is 1.45 bits per heavy atom. The molecule has 0 aliphatic heterocycles. The minimum absolute atomic E-state index is 1.09. The van der Waals surface area contributed by atoms with Crippen molar-refractivity contribution in [2.45, 2.75) is 0 Å². The highest BCUT2D eigenvalue weighted by Gasteiger charge is 2.18. The Balaban J connectivity index is 0.946. The van der Waals surface area contributed by atoms with E-state index in [1.807, 2.05) is 0 Å². The molecule has 0 saturated heterocycles. The third-order valence-corrected chi connectivity index (χ3v) is 12.8. The summed E-state index contributed by atoms with van der Waals surface area (Å²) < 4.78 is 2.42. The van der Waals surface area contributed by atoms with Crippen molar-refractivity contribution in [3.63, 3.8) is 0 Å². The van der Waals surface area contributed by atoms with Gasteiger partial charge in [-0.3, -0.25) is 0 Å². The van der Waals surface area contributed by atoms with E-state index in [9.17, 15) is 0 Å². The molecule has 1 heterocycles. The van der Waals surface area contributed by atoms with Crippen LogP contribution in [0.1, 0.15) is 0 Å². The maximum Gasteiger partial charge on any atom is 0.0541 e. The van der Waals surface area contributed by atoms with Crippen LogP contribution in [-0.2, 0) is 0 Å². The van der Waals surface area contributed by atoms with Crippen molar-refractivity contribution >= 4 is 60.4 Å². The molecular weight excluding hydrogens is 773 g/mol. The summed E-state index contributed by atoms with van der Waals surface area (Å²) in [5.74, 6) is 0. The fourth-order valence-electron chi connectivity index (χ4n) is 9.56. The number of aromatic nitrogens is 1. The van der Waals surface area contributed by atoms with Crippen molar-refractivity contribution < 1.29 is 0 Å². The summed E-state index contributed by atoms with van der Waals surface area (Å²) >= 11 is 0.